The summed E-state index contributed by atoms with van der Waals surface area (Å²) in [5.74, 6) is -0.785. The van der Waals surface area contributed by atoms with E-state index in [2.05, 4.69) is 0 Å². The van der Waals surface area contributed by atoms with Crippen LogP contribution in [0.5, 0.6) is 0 Å². The molecule has 2 amide bonds. The first-order valence-corrected chi connectivity index (χ1v) is 10.2. The van der Waals surface area contributed by atoms with Crippen molar-refractivity contribution in [2.24, 2.45) is 5.92 Å². The molecule has 0 bridgehead atoms. The molecule has 162 valence electrons. The van der Waals surface area contributed by atoms with Gasteiger partial charge < -0.3 is 14.7 Å². The van der Waals surface area contributed by atoms with Crippen LogP contribution in [-0.2, 0) is 14.3 Å². The Bertz CT molecular complexity index is 849. The maximum Gasteiger partial charge on any atom is 0.277 e. The van der Waals surface area contributed by atoms with Gasteiger partial charge in [-0.1, -0.05) is 0 Å². The third kappa shape index (κ3) is 4.52. The van der Waals surface area contributed by atoms with Crippen molar-refractivity contribution in [3.8, 4) is 0 Å². The molecule has 1 N–H and O–H groups in total. The first-order chi connectivity index (χ1) is 14.3. The quantitative estimate of drug-likeness (QED) is 0.390. The maximum atomic E-state index is 13.2. The lowest BCUT2D eigenvalue weighted by Crippen LogP contribution is -2.41. The summed E-state index contributed by atoms with van der Waals surface area (Å²) in [6, 6.07) is 5.66. The largest absolute Gasteiger partial charge is 0.396 e. The molecular weight excluding hydrogens is 390 g/mol. The van der Waals surface area contributed by atoms with E-state index >= 15 is 0 Å². The minimum absolute atomic E-state index is 0.0186. The van der Waals surface area contributed by atoms with E-state index in [1.54, 1.807) is 0 Å². The molecule has 0 aromatic heterocycles. The van der Waals surface area contributed by atoms with Crippen molar-refractivity contribution in [3.05, 3.63) is 45.6 Å². The number of carbonyl (C=O) groups is 2. The summed E-state index contributed by atoms with van der Waals surface area (Å²) in [5, 5.41) is 20.5. The molecule has 1 saturated heterocycles. The highest BCUT2D eigenvalue weighted by Crippen LogP contribution is 2.34. The van der Waals surface area contributed by atoms with Crippen LogP contribution in [0.1, 0.15) is 32.3 Å². The number of imide groups is 1. The number of hydrogen-bond donors (Lipinski definition) is 1. The van der Waals surface area contributed by atoms with Gasteiger partial charge in [-0.15, -0.1) is 0 Å². The molecule has 1 unspecified atom stereocenters. The third-order valence-corrected chi connectivity index (χ3v) is 5.37. The van der Waals surface area contributed by atoms with Gasteiger partial charge in [0.2, 0.25) is 0 Å². The number of piperidine rings is 1. The second-order valence-corrected chi connectivity index (χ2v) is 7.85. The minimum atomic E-state index is -0.507. The van der Waals surface area contributed by atoms with Crippen LogP contribution in [0, 0.1) is 16.0 Å². The lowest BCUT2D eigenvalue weighted by atomic mass is 9.97. The van der Waals surface area contributed by atoms with E-state index in [9.17, 15) is 24.8 Å². The number of ether oxygens (including phenoxy) is 1. The number of nitro benzene ring substituents is 1. The predicted octanol–water partition coefficient (Wildman–Crippen LogP) is 1.80. The van der Waals surface area contributed by atoms with Crippen molar-refractivity contribution in [3.63, 3.8) is 0 Å². The first kappa shape index (κ1) is 21.9. The van der Waals surface area contributed by atoms with Crippen LogP contribution in [0.25, 0.3) is 5.57 Å². The zero-order chi connectivity index (χ0) is 21.8. The van der Waals surface area contributed by atoms with Gasteiger partial charge in [0, 0.05) is 31.8 Å². The van der Waals surface area contributed by atoms with E-state index in [0.29, 0.717) is 24.4 Å². The van der Waals surface area contributed by atoms with E-state index in [-0.39, 0.29) is 48.9 Å². The number of carbonyl (C=O) groups excluding carboxylic acids is 2. The summed E-state index contributed by atoms with van der Waals surface area (Å²) < 4.78 is 5.51. The number of benzene rings is 1. The normalized spacial score (nSPS) is 19.9. The number of nitro groups is 1. The summed E-state index contributed by atoms with van der Waals surface area (Å²) in [6.07, 6.45) is 1.65. The minimum Gasteiger partial charge on any atom is -0.396 e. The van der Waals surface area contributed by atoms with E-state index in [0.717, 1.165) is 12.8 Å². The second-order valence-electron chi connectivity index (χ2n) is 7.85. The highest BCUT2D eigenvalue weighted by molar-refractivity contribution is 6.35. The molecule has 1 atom stereocenters. The van der Waals surface area contributed by atoms with Crippen LogP contribution in [0.2, 0.25) is 0 Å². The van der Waals surface area contributed by atoms with Crippen LogP contribution in [0.15, 0.2) is 30.0 Å². The summed E-state index contributed by atoms with van der Waals surface area (Å²) in [4.78, 5) is 39.9. The van der Waals surface area contributed by atoms with Crippen LogP contribution in [0.3, 0.4) is 0 Å². The number of non-ortho nitro benzene ring substituents is 1. The van der Waals surface area contributed by atoms with E-state index in [1.807, 2.05) is 18.7 Å². The van der Waals surface area contributed by atoms with Crippen LogP contribution in [-0.4, -0.2) is 70.6 Å². The Morgan fingerprint density at radius 2 is 1.93 bits per heavy atom. The molecule has 2 aliphatic rings. The molecule has 9 heteroatoms. The molecule has 0 radical (unpaired) electrons. The van der Waals surface area contributed by atoms with Crippen molar-refractivity contribution >= 4 is 23.1 Å². The van der Waals surface area contributed by atoms with Gasteiger partial charge >= 0.3 is 0 Å². The fourth-order valence-electron chi connectivity index (χ4n) is 3.87. The van der Waals surface area contributed by atoms with Crippen molar-refractivity contribution in [1.82, 2.24) is 9.80 Å². The standard InChI is InChI=1S/C21H27N3O6/c1-14(2)30-11-10-23-20(26)18(16-5-7-17(8-6-16)24(28)29)19(21(23)27)22-9-3-4-15(12-22)13-25/h5-8,14-15,25H,3-4,9-13H2,1-2H3. The second kappa shape index (κ2) is 9.36. The van der Waals surface area contributed by atoms with Crippen LogP contribution >= 0.6 is 0 Å². The Morgan fingerprint density at radius 1 is 1.23 bits per heavy atom. The fraction of sp³-hybridized carbons (Fsp3) is 0.524. The van der Waals surface area contributed by atoms with Gasteiger partial charge in [-0.05, 0) is 50.3 Å². The monoisotopic (exact) mass is 417 g/mol. The maximum absolute atomic E-state index is 13.2. The van der Waals surface area contributed by atoms with E-state index in [1.165, 1.54) is 29.2 Å². The van der Waals surface area contributed by atoms with Crippen molar-refractivity contribution in [1.29, 1.82) is 0 Å². The number of aliphatic hydroxyl groups is 1. The Kier molecular flexibility index (Phi) is 6.84. The topological polar surface area (TPSA) is 113 Å². The molecule has 1 fully saturated rings. The lowest BCUT2D eigenvalue weighted by Gasteiger charge is -2.34. The molecule has 9 nitrogen and oxygen atoms in total. The number of aliphatic hydroxyl groups excluding tert-OH is 1. The van der Waals surface area contributed by atoms with Gasteiger partial charge in [0.05, 0.1) is 29.8 Å². The number of amides is 2. The summed E-state index contributed by atoms with van der Waals surface area (Å²) in [5.41, 5.74) is 0.931. The summed E-state index contributed by atoms with van der Waals surface area (Å²) in [6.45, 7) is 5.23. The zero-order valence-corrected chi connectivity index (χ0v) is 17.2. The number of likely N-dealkylation sites (tertiary alicyclic amines) is 1. The van der Waals surface area contributed by atoms with Crippen molar-refractivity contribution < 1.29 is 24.4 Å². The molecule has 0 spiro atoms. The fourth-order valence-corrected chi connectivity index (χ4v) is 3.87. The zero-order valence-electron chi connectivity index (χ0n) is 17.2. The van der Waals surface area contributed by atoms with Gasteiger partial charge in [-0.2, -0.15) is 0 Å². The van der Waals surface area contributed by atoms with Crippen molar-refractivity contribution in [2.75, 3.05) is 32.8 Å². The van der Waals surface area contributed by atoms with E-state index in [4.69, 9.17) is 4.74 Å². The van der Waals surface area contributed by atoms with Gasteiger partial charge in [0.25, 0.3) is 17.5 Å². The average Bonchev–Trinajstić information content (AvgIpc) is 2.98. The molecule has 1 aromatic rings. The Morgan fingerprint density at radius 3 is 2.53 bits per heavy atom. The predicted molar refractivity (Wildman–Crippen MR) is 109 cm³/mol. The molecule has 2 aliphatic heterocycles. The molecule has 2 heterocycles. The molecule has 0 aliphatic carbocycles. The summed E-state index contributed by atoms with van der Waals surface area (Å²) in [7, 11) is 0. The highest BCUT2D eigenvalue weighted by atomic mass is 16.6. The summed E-state index contributed by atoms with van der Waals surface area (Å²) >= 11 is 0. The Hall–Kier alpha value is -2.78. The Labute approximate surface area is 175 Å². The molecule has 0 saturated carbocycles. The lowest BCUT2D eigenvalue weighted by molar-refractivity contribution is -0.384. The van der Waals surface area contributed by atoms with Crippen LogP contribution in [0.4, 0.5) is 5.69 Å². The number of nitrogens with zero attached hydrogens (tertiary/aromatic N) is 3. The molecule has 1 aromatic carbocycles. The van der Waals surface area contributed by atoms with Gasteiger partial charge in [-0.3, -0.25) is 24.6 Å². The first-order valence-electron chi connectivity index (χ1n) is 10.2. The van der Waals surface area contributed by atoms with Crippen molar-refractivity contribution in [2.45, 2.75) is 32.8 Å². The van der Waals surface area contributed by atoms with Gasteiger partial charge in [0.1, 0.15) is 5.70 Å². The average molecular weight is 417 g/mol. The highest BCUT2D eigenvalue weighted by Gasteiger charge is 2.42. The molecule has 3 rings (SSSR count). The van der Waals surface area contributed by atoms with Crippen LogP contribution < -0.4 is 0 Å². The Balaban J connectivity index is 1.96. The number of rotatable bonds is 8. The molecular formula is C21H27N3O6. The van der Waals surface area contributed by atoms with Gasteiger partial charge in [0.15, 0.2) is 0 Å². The SMILES string of the molecule is CC(C)OCCN1C(=O)C(c2ccc([N+](=O)[O-])cc2)=C(N2CCCC(CO)C2)C1=O. The van der Waals surface area contributed by atoms with E-state index < -0.39 is 10.8 Å². The molecule has 30 heavy (non-hydrogen) atoms. The number of hydrogen-bond acceptors (Lipinski definition) is 7. The smallest absolute Gasteiger partial charge is 0.277 e. The third-order valence-electron chi connectivity index (χ3n) is 5.37. The van der Waals surface area contributed by atoms with Gasteiger partial charge in [-0.25, -0.2) is 0 Å².